The number of nitrogens with zero attached hydrogens (tertiary/aromatic N) is 3. The highest BCUT2D eigenvalue weighted by atomic mass is 32.1. The van der Waals surface area contributed by atoms with Crippen LogP contribution in [0.3, 0.4) is 0 Å². The van der Waals surface area contributed by atoms with Gasteiger partial charge in [0.25, 0.3) is 5.91 Å². The van der Waals surface area contributed by atoms with Crippen molar-refractivity contribution >= 4 is 28.3 Å². The minimum absolute atomic E-state index is 0.0465. The minimum Gasteiger partial charge on any atom is -0.345 e. The van der Waals surface area contributed by atoms with Gasteiger partial charge >= 0.3 is 6.03 Å². The van der Waals surface area contributed by atoms with Crippen molar-refractivity contribution in [1.82, 2.24) is 24.7 Å². The van der Waals surface area contributed by atoms with E-state index in [0.29, 0.717) is 17.1 Å². The maximum Gasteiger partial charge on any atom is 0.320 e. The number of hydrogen-bond acceptors (Lipinski definition) is 4. The monoisotopic (exact) mass is 494 g/mol. The number of fused-ring (bicyclic) bond motifs is 2. The molecule has 0 bridgehead atoms. The van der Waals surface area contributed by atoms with E-state index in [0.717, 1.165) is 68.7 Å². The molecule has 3 aromatic rings. The van der Waals surface area contributed by atoms with Crippen LogP contribution < -0.4 is 10.6 Å². The molecule has 35 heavy (non-hydrogen) atoms. The van der Waals surface area contributed by atoms with Crippen LogP contribution in [0.15, 0.2) is 24.5 Å². The molecule has 0 radical (unpaired) electrons. The number of aromatic nitrogens is 2. The van der Waals surface area contributed by atoms with Crippen LogP contribution in [-0.2, 0) is 32.4 Å². The molecule has 0 aromatic carbocycles. The van der Waals surface area contributed by atoms with Crippen molar-refractivity contribution in [3.8, 4) is 5.82 Å². The van der Waals surface area contributed by atoms with Gasteiger partial charge in [-0.2, -0.15) is 0 Å². The lowest BCUT2D eigenvalue weighted by Crippen LogP contribution is -2.32. The van der Waals surface area contributed by atoms with Crippen molar-refractivity contribution in [1.29, 1.82) is 0 Å². The van der Waals surface area contributed by atoms with Crippen LogP contribution >= 0.6 is 11.3 Å². The molecule has 9 heteroatoms. The number of carbonyl (C=O) groups is 2. The van der Waals surface area contributed by atoms with Crippen molar-refractivity contribution in [3.63, 3.8) is 0 Å². The average Bonchev–Trinajstić information content (AvgIpc) is 3.58. The smallest absolute Gasteiger partial charge is 0.320 e. The van der Waals surface area contributed by atoms with Gasteiger partial charge in [-0.1, -0.05) is 6.92 Å². The molecule has 2 aliphatic rings. The molecular weight excluding hydrogens is 460 g/mol. The van der Waals surface area contributed by atoms with E-state index in [1.165, 1.54) is 16.1 Å². The Bertz CT molecular complexity index is 1220. The normalized spacial score (nSPS) is 15.4. The van der Waals surface area contributed by atoms with Crippen molar-refractivity contribution < 1.29 is 9.59 Å². The van der Waals surface area contributed by atoms with Gasteiger partial charge in [0.1, 0.15) is 10.8 Å². The Morgan fingerprint density at radius 1 is 1.11 bits per heavy atom. The molecule has 0 spiro atoms. The van der Waals surface area contributed by atoms with Crippen molar-refractivity contribution in [2.24, 2.45) is 0 Å². The maximum absolute atomic E-state index is 13.1. The van der Waals surface area contributed by atoms with Crippen LogP contribution in [0.1, 0.15) is 57.4 Å². The Morgan fingerprint density at radius 3 is 2.63 bits per heavy atom. The topological polar surface area (TPSA) is 85.4 Å². The van der Waals surface area contributed by atoms with Gasteiger partial charge in [0, 0.05) is 62.3 Å². The second-order valence-corrected chi connectivity index (χ2v) is 10.6. The fraction of sp³-hybridized carbons (Fsp3) is 0.462. The number of nitrogens with one attached hydrogen (secondary N) is 3. The highest BCUT2D eigenvalue weighted by molar-refractivity contribution is 7.17. The Kier molecular flexibility index (Phi) is 6.71. The fourth-order valence-electron chi connectivity index (χ4n) is 5.21. The summed E-state index contributed by atoms with van der Waals surface area (Å²) in [6.07, 6.45) is 9.08. The summed E-state index contributed by atoms with van der Waals surface area (Å²) in [5.74, 6) is 0.961. The first-order valence-electron chi connectivity index (χ1n) is 12.5. The van der Waals surface area contributed by atoms with Crippen LogP contribution in [0.25, 0.3) is 5.82 Å². The third-order valence-electron chi connectivity index (χ3n) is 7.10. The Balaban J connectivity index is 1.37. The molecule has 0 saturated heterocycles. The fourth-order valence-corrected chi connectivity index (χ4v) is 6.49. The molecule has 1 aliphatic carbocycles. The Hall–Kier alpha value is -3.04. The van der Waals surface area contributed by atoms with Crippen LogP contribution in [-0.4, -0.2) is 58.5 Å². The van der Waals surface area contributed by atoms with Crippen molar-refractivity contribution in [2.45, 2.75) is 52.1 Å². The van der Waals surface area contributed by atoms with E-state index in [2.05, 4.69) is 32.0 Å². The summed E-state index contributed by atoms with van der Waals surface area (Å²) >= 11 is 1.55. The first kappa shape index (κ1) is 23.7. The molecule has 3 N–H and O–H groups in total. The van der Waals surface area contributed by atoms with E-state index in [1.54, 1.807) is 30.3 Å². The number of likely N-dealkylation sites (N-methyl/N-ethyl adjacent to an activating group) is 1. The Morgan fingerprint density at radius 2 is 1.89 bits per heavy atom. The first-order valence-corrected chi connectivity index (χ1v) is 13.3. The number of thiophene rings is 1. The standard InChI is InChI=1S/C26H34N6O2S/c1-4-31-14-11-17-19(23(28-20(17)16-31)32-12-7-8-13-32)15-27-26(34)29-24-22(25(33)30(2)3)18-9-5-6-10-21(18)35-24/h7-8,12-13,28H,4-6,9-11,14-16H2,1-3H3,(H2,27,29,34). The zero-order valence-corrected chi connectivity index (χ0v) is 21.6. The van der Waals surface area contributed by atoms with E-state index in [1.807, 2.05) is 24.5 Å². The van der Waals surface area contributed by atoms with Crippen molar-refractivity contribution in [2.75, 3.05) is 32.5 Å². The molecule has 186 valence electrons. The summed E-state index contributed by atoms with van der Waals surface area (Å²) in [7, 11) is 3.52. The summed E-state index contributed by atoms with van der Waals surface area (Å²) in [6, 6.07) is 3.73. The van der Waals surface area contributed by atoms with Crippen LogP contribution in [0.2, 0.25) is 0 Å². The zero-order valence-electron chi connectivity index (χ0n) is 20.7. The summed E-state index contributed by atoms with van der Waals surface area (Å²) < 4.78 is 2.07. The number of aryl methyl sites for hydroxylation is 1. The average molecular weight is 495 g/mol. The number of H-pyrrole nitrogens is 1. The molecule has 0 saturated carbocycles. The number of urea groups is 1. The quantitative estimate of drug-likeness (QED) is 0.481. The molecule has 4 heterocycles. The molecule has 1 aliphatic heterocycles. The van der Waals surface area contributed by atoms with Gasteiger partial charge < -0.3 is 19.8 Å². The van der Waals surface area contributed by atoms with Crippen LogP contribution in [0.5, 0.6) is 0 Å². The van der Waals surface area contributed by atoms with Gasteiger partial charge in [-0.15, -0.1) is 11.3 Å². The van der Waals surface area contributed by atoms with Crippen LogP contribution in [0, 0.1) is 0 Å². The summed E-state index contributed by atoms with van der Waals surface area (Å²) in [4.78, 5) is 34.9. The van der Waals surface area contributed by atoms with Gasteiger partial charge in [-0.05, 0) is 61.9 Å². The molecule has 0 atom stereocenters. The number of carbonyl (C=O) groups excluding carboxylic acids is 2. The summed E-state index contributed by atoms with van der Waals surface area (Å²) in [5.41, 5.74) is 5.43. The number of aromatic amines is 1. The first-order chi connectivity index (χ1) is 17.0. The molecule has 8 nitrogen and oxygen atoms in total. The van der Waals surface area contributed by atoms with Gasteiger partial charge in [0.15, 0.2) is 0 Å². The number of hydrogen-bond donors (Lipinski definition) is 3. The van der Waals surface area contributed by atoms with Gasteiger partial charge in [-0.3, -0.25) is 15.0 Å². The second-order valence-electron chi connectivity index (χ2n) is 9.54. The summed E-state index contributed by atoms with van der Waals surface area (Å²) in [5, 5.41) is 6.74. The largest absolute Gasteiger partial charge is 0.345 e. The van der Waals surface area contributed by atoms with Gasteiger partial charge in [0.2, 0.25) is 0 Å². The summed E-state index contributed by atoms with van der Waals surface area (Å²) in [6.45, 7) is 5.53. The lowest BCUT2D eigenvalue weighted by molar-refractivity contribution is 0.0827. The van der Waals surface area contributed by atoms with E-state index < -0.39 is 0 Å². The minimum atomic E-state index is -0.282. The van der Waals surface area contributed by atoms with Gasteiger partial charge in [-0.25, -0.2) is 4.79 Å². The molecule has 0 fully saturated rings. The SMILES string of the molecule is CCN1CCc2c([nH]c(-n3cccc3)c2CNC(=O)Nc2sc3c(c2C(=O)N(C)C)CCCC3)C1. The van der Waals surface area contributed by atoms with E-state index in [-0.39, 0.29) is 11.9 Å². The highest BCUT2D eigenvalue weighted by Gasteiger charge is 2.28. The third-order valence-corrected chi connectivity index (χ3v) is 8.30. The lowest BCUT2D eigenvalue weighted by atomic mass is 9.95. The second kappa shape index (κ2) is 9.91. The number of amides is 3. The van der Waals surface area contributed by atoms with Crippen molar-refractivity contribution in [3.05, 3.63) is 57.4 Å². The molecule has 3 amide bonds. The van der Waals surface area contributed by atoms with Crippen LogP contribution in [0.4, 0.5) is 9.80 Å². The van der Waals surface area contributed by atoms with E-state index in [4.69, 9.17) is 0 Å². The predicted octanol–water partition coefficient (Wildman–Crippen LogP) is 4.15. The molecule has 5 rings (SSSR count). The molecule has 0 unspecified atom stereocenters. The lowest BCUT2D eigenvalue weighted by Gasteiger charge is -2.25. The maximum atomic E-state index is 13.1. The number of rotatable bonds is 6. The van der Waals surface area contributed by atoms with E-state index >= 15 is 0 Å². The highest BCUT2D eigenvalue weighted by Crippen LogP contribution is 2.38. The molecular formula is C26H34N6O2S. The number of anilines is 1. The molecule has 3 aromatic heterocycles. The zero-order chi connectivity index (χ0) is 24.5. The van der Waals surface area contributed by atoms with E-state index in [9.17, 15) is 9.59 Å². The van der Waals surface area contributed by atoms with Gasteiger partial charge in [0.05, 0.1) is 5.56 Å². The Labute approximate surface area is 210 Å². The predicted molar refractivity (Wildman–Crippen MR) is 140 cm³/mol. The third kappa shape index (κ3) is 4.62.